The Kier molecular flexibility index (Phi) is 5.66. The molecular formula is C20H26N4O. The van der Waals surface area contributed by atoms with E-state index in [0.717, 1.165) is 25.2 Å². The molecule has 3 rings (SSSR count). The molecule has 132 valence electrons. The lowest BCUT2D eigenvalue weighted by molar-refractivity contribution is 0.231. The first-order valence-corrected chi connectivity index (χ1v) is 8.85. The Morgan fingerprint density at radius 3 is 2.64 bits per heavy atom. The van der Waals surface area contributed by atoms with Crippen molar-refractivity contribution in [3.05, 3.63) is 66.0 Å². The summed E-state index contributed by atoms with van der Waals surface area (Å²) in [5.74, 6) is 0.436. The maximum absolute atomic E-state index is 12.3. The minimum atomic E-state index is -0.109. The van der Waals surface area contributed by atoms with Crippen molar-refractivity contribution in [2.24, 2.45) is 5.92 Å². The molecule has 0 unspecified atom stereocenters. The molecule has 1 saturated heterocycles. The Morgan fingerprint density at radius 2 is 1.92 bits per heavy atom. The molecule has 5 heteroatoms. The molecule has 0 bridgehead atoms. The smallest absolute Gasteiger partial charge is 0.315 e. The summed E-state index contributed by atoms with van der Waals surface area (Å²) < 4.78 is 0. The fourth-order valence-electron chi connectivity index (χ4n) is 3.37. The highest BCUT2D eigenvalue weighted by molar-refractivity contribution is 5.74. The Hall–Kier alpha value is -2.40. The number of carbonyl (C=O) groups is 1. The molecule has 1 aliphatic heterocycles. The van der Waals surface area contributed by atoms with Crippen LogP contribution in [-0.4, -0.2) is 35.0 Å². The summed E-state index contributed by atoms with van der Waals surface area (Å²) in [7, 11) is 0. The number of hydrogen-bond acceptors (Lipinski definition) is 3. The molecule has 1 aromatic carbocycles. The Morgan fingerprint density at radius 1 is 1.20 bits per heavy atom. The standard InChI is InChI=1S/C20H26N4O/c1-15-12-24(13-17-6-4-3-5-7-17)14-19(15)23-20(25)22-16(2)18-8-10-21-11-9-18/h3-11,15-16,19H,12-14H2,1-2H3,(H2,22,23,25)/t15-,16+,19+/m1/s1. The summed E-state index contributed by atoms with van der Waals surface area (Å²) >= 11 is 0. The van der Waals surface area contributed by atoms with Gasteiger partial charge in [-0.2, -0.15) is 0 Å². The number of aromatic nitrogens is 1. The molecule has 5 nitrogen and oxygen atoms in total. The van der Waals surface area contributed by atoms with E-state index in [9.17, 15) is 4.79 Å². The van der Waals surface area contributed by atoms with Crippen LogP contribution in [0, 0.1) is 5.92 Å². The third-order valence-corrected chi connectivity index (χ3v) is 4.81. The van der Waals surface area contributed by atoms with E-state index in [2.05, 4.69) is 51.7 Å². The molecular weight excluding hydrogens is 312 g/mol. The lowest BCUT2D eigenvalue weighted by Crippen LogP contribution is -2.46. The lowest BCUT2D eigenvalue weighted by Gasteiger charge is -2.20. The molecule has 0 radical (unpaired) electrons. The second-order valence-corrected chi connectivity index (χ2v) is 6.88. The summed E-state index contributed by atoms with van der Waals surface area (Å²) in [5, 5.41) is 6.15. The van der Waals surface area contributed by atoms with E-state index in [1.807, 2.05) is 25.1 Å². The van der Waals surface area contributed by atoms with Gasteiger partial charge in [0.05, 0.1) is 6.04 Å². The lowest BCUT2D eigenvalue weighted by atomic mass is 10.1. The first kappa shape index (κ1) is 17.4. The van der Waals surface area contributed by atoms with Gasteiger partial charge in [-0.1, -0.05) is 37.3 Å². The molecule has 0 aliphatic carbocycles. The van der Waals surface area contributed by atoms with Gasteiger partial charge in [0.15, 0.2) is 0 Å². The normalized spacial score (nSPS) is 21.7. The fourth-order valence-corrected chi connectivity index (χ4v) is 3.37. The van der Waals surface area contributed by atoms with Gasteiger partial charge in [0.2, 0.25) is 0 Å². The van der Waals surface area contributed by atoms with Crippen LogP contribution in [-0.2, 0) is 6.54 Å². The van der Waals surface area contributed by atoms with Crippen LogP contribution in [0.25, 0.3) is 0 Å². The van der Waals surface area contributed by atoms with Crippen LogP contribution in [0.5, 0.6) is 0 Å². The molecule has 0 saturated carbocycles. The summed E-state index contributed by atoms with van der Waals surface area (Å²) in [6.07, 6.45) is 3.48. The molecule has 1 fully saturated rings. The zero-order valence-corrected chi connectivity index (χ0v) is 14.9. The van der Waals surface area contributed by atoms with E-state index in [4.69, 9.17) is 0 Å². The van der Waals surface area contributed by atoms with Crippen LogP contribution >= 0.6 is 0 Å². The van der Waals surface area contributed by atoms with Crippen molar-refractivity contribution >= 4 is 6.03 Å². The number of nitrogens with one attached hydrogen (secondary N) is 2. The number of pyridine rings is 1. The number of hydrogen-bond donors (Lipinski definition) is 2. The number of nitrogens with zero attached hydrogens (tertiary/aromatic N) is 2. The number of likely N-dealkylation sites (tertiary alicyclic amines) is 1. The largest absolute Gasteiger partial charge is 0.334 e. The van der Waals surface area contributed by atoms with Crippen molar-refractivity contribution < 1.29 is 4.79 Å². The highest BCUT2D eigenvalue weighted by Gasteiger charge is 2.30. The average molecular weight is 338 g/mol. The monoisotopic (exact) mass is 338 g/mol. The zero-order valence-electron chi connectivity index (χ0n) is 14.9. The first-order valence-electron chi connectivity index (χ1n) is 8.85. The van der Waals surface area contributed by atoms with Crippen molar-refractivity contribution in [3.63, 3.8) is 0 Å². The van der Waals surface area contributed by atoms with Crippen molar-refractivity contribution in [2.45, 2.75) is 32.5 Å². The van der Waals surface area contributed by atoms with E-state index >= 15 is 0 Å². The van der Waals surface area contributed by atoms with E-state index in [-0.39, 0.29) is 18.1 Å². The van der Waals surface area contributed by atoms with Gasteiger partial charge in [-0.05, 0) is 36.1 Å². The molecule has 25 heavy (non-hydrogen) atoms. The first-order chi connectivity index (χ1) is 12.1. The number of urea groups is 1. The van der Waals surface area contributed by atoms with E-state index in [1.54, 1.807) is 12.4 Å². The van der Waals surface area contributed by atoms with Gasteiger partial charge >= 0.3 is 6.03 Å². The fraction of sp³-hybridized carbons (Fsp3) is 0.400. The van der Waals surface area contributed by atoms with Gasteiger partial charge in [0.25, 0.3) is 0 Å². The predicted octanol–water partition coefficient (Wildman–Crippen LogP) is 2.96. The van der Waals surface area contributed by atoms with Crippen LogP contribution in [0.4, 0.5) is 4.79 Å². The van der Waals surface area contributed by atoms with Gasteiger partial charge in [0.1, 0.15) is 0 Å². The Bertz CT molecular complexity index is 677. The molecule has 1 aromatic heterocycles. The number of amides is 2. The topological polar surface area (TPSA) is 57.3 Å². The van der Waals surface area contributed by atoms with E-state index in [1.165, 1.54) is 5.56 Å². The highest BCUT2D eigenvalue weighted by atomic mass is 16.2. The molecule has 2 aromatic rings. The Balaban J connectivity index is 1.50. The van der Waals surface area contributed by atoms with E-state index < -0.39 is 0 Å². The molecule has 2 N–H and O–H groups in total. The van der Waals surface area contributed by atoms with Crippen LogP contribution in [0.1, 0.15) is 31.0 Å². The van der Waals surface area contributed by atoms with Crippen molar-refractivity contribution in [1.82, 2.24) is 20.5 Å². The molecule has 3 atom stereocenters. The summed E-state index contributed by atoms with van der Waals surface area (Å²) in [6, 6.07) is 14.3. The maximum Gasteiger partial charge on any atom is 0.315 e. The molecule has 2 heterocycles. The summed E-state index contributed by atoms with van der Waals surface area (Å²) in [5.41, 5.74) is 2.36. The Labute approximate surface area is 149 Å². The molecule has 1 aliphatic rings. The van der Waals surface area contributed by atoms with Gasteiger partial charge in [-0.15, -0.1) is 0 Å². The van der Waals surface area contributed by atoms with Crippen molar-refractivity contribution in [1.29, 1.82) is 0 Å². The van der Waals surface area contributed by atoms with Gasteiger partial charge in [0, 0.05) is 38.1 Å². The second-order valence-electron chi connectivity index (χ2n) is 6.88. The quantitative estimate of drug-likeness (QED) is 0.881. The van der Waals surface area contributed by atoms with Gasteiger partial charge in [-0.25, -0.2) is 4.79 Å². The predicted molar refractivity (Wildman–Crippen MR) is 99.0 cm³/mol. The van der Waals surface area contributed by atoms with Crippen molar-refractivity contribution in [3.8, 4) is 0 Å². The minimum absolute atomic E-state index is 0.0415. The third-order valence-electron chi connectivity index (χ3n) is 4.81. The maximum atomic E-state index is 12.3. The van der Waals surface area contributed by atoms with Gasteiger partial charge < -0.3 is 10.6 Å². The number of rotatable bonds is 5. The number of benzene rings is 1. The highest BCUT2D eigenvalue weighted by Crippen LogP contribution is 2.19. The van der Waals surface area contributed by atoms with Crippen LogP contribution in [0.15, 0.2) is 54.9 Å². The van der Waals surface area contributed by atoms with Crippen LogP contribution < -0.4 is 10.6 Å². The second kappa shape index (κ2) is 8.12. The summed E-state index contributed by atoms with van der Waals surface area (Å²) in [6.45, 7) is 6.99. The average Bonchev–Trinajstić information content (AvgIpc) is 2.95. The minimum Gasteiger partial charge on any atom is -0.334 e. The SMILES string of the molecule is C[C@H](NC(=O)N[C@H]1CN(Cc2ccccc2)C[C@H]1C)c1ccncc1. The molecule has 0 spiro atoms. The van der Waals surface area contributed by atoms with Crippen molar-refractivity contribution in [2.75, 3.05) is 13.1 Å². The van der Waals surface area contributed by atoms with Crippen LogP contribution in [0.3, 0.4) is 0 Å². The zero-order chi connectivity index (χ0) is 17.6. The third kappa shape index (κ3) is 4.79. The number of carbonyl (C=O) groups excluding carboxylic acids is 1. The van der Waals surface area contributed by atoms with Crippen LogP contribution in [0.2, 0.25) is 0 Å². The van der Waals surface area contributed by atoms with Gasteiger partial charge in [-0.3, -0.25) is 9.88 Å². The molecule has 2 amide bonds. The van der Waals surface area contributed by atoms with E-state index in [0.29, 0.717) is 5.92 Å². The summed E-state index contributed by atoms with van der Waals surface area (Å²) in [4.78, 5) is 18.7.